The average molecular weight is 356 g/mol. The van der Waals surface area contributed by atoms with Crippen LogP contribution < -0.4 is 5.32 Å². The highest BCUT2D eigenvalue weighted by Crippen LogP contribution is 2.13. The number of hydrogen-bond acceptors (Lipinski definition) is 3. The second-order valence-electron chi connectivity index (χ2n) is 4.66. The summed E-state index contributed by atoms with van der Waals surface area (Å²) in [5.74, 6) is -0.416. The van der Waals surface area contributed by atoms with Gasteiger partial charge in [0.05, 0.1) is 11.7 Å². The minimum Gasteiger partial charge on any atom is -0.345 e. The van der Waals surface area contributed by atoms with Crippen molar-refractivity contribution in [2.45, 2.75) is 13.0 Å². The Morgan fingerprint density at radius 3 is 2.64 bits per heavy atom. The largest absolute Gasteiger partial charge is 0.345 e. The Morgan fingerprint density at radius 1 is 1.27 bits per heavy atom. The Balaban J connectivity index is 2.14. The highest BCUT2D eigenvalue weighted by atomic mass is 79.9. The van der Waals surface area contributed by atoms with Crippen LogP contribution in [-0.2, 0) is 4.79 Å². The first-order chi connectivity index (χ1) is 10.6. The van der Waals surface area contributed by atoms with Crippen LogP contribution in [0.2, 0.25) is 0 Å². The summed E-state index contributed by atoms with van der Waals surface area (Å²) in [6.07, 6.45) is 1.47. The van der Waals surface area contributed by atoms with E-state index in [1.165, 1.54) is 6.08 Å². The maximum Gasteiger partial charge on any atom is 0.262 e. The maximum atomic E-state index is 12.2. The molecule has 110 valence electrons. The molecule has 0 bridgehead atoms. The molecule has 22 heavy (non-hydrogen) atoms. The van der Waals surface area contributed by atoms with Gasteiger partial charge in [-0.2, -0.15) is 5.26 Å². The Labute approximate surface area is 137 Å². The van der Waals surface area contributed by atoms with E-state index in [1.807, 2.05) is 43.3 Å². The van der Waals surface area contributed by atoms with E-state index in [2.05, 4.69) is 26.2 Å². The van der Waals surface area contributed by atoms with Gasteiger partial charge in [-0.25, -0.2) is 4.98 Å². The first-order valence-electron chi connectivity index (χ1n) is 6.70. The Bertz CT molecular complexity index is 735. The van der Waals surface area contributed by atoms with Gasteiger partial charge < -0.3 is 5.32 Å². The molecule has 0 aliphatic heterocycles. The minimum atomic E-state index is -0.416. The molecule has 0 saturated heterocycles. The molecule has 0 aliphatic rings. The number of nitriles is 1. The third-order valence-corrected chi connectivity index (χ3v) is 3.48. The molecule has 5 heteroatoms. The van der Waals surface area contributed by atoms with E-state index in [4.69, 9.17) is 0 Å². The van der Waals surface area contributed by atoms with Gasteiger partial charge in [0.1, 0.15) is 16.2 Å². The Hall–Kier alpha value is -2.45. The number of halogens is 1. The predicted octanol–water partition coefficient (Wildman–Crippen LogP) is 3.63. The van der Waals surface area contributed by atoms with Crippen LogP contribution in [0, 0.1) is 11.3 Å². The van der Waals surface area contributed by atoms with Gasteiger partial charge in [-0.3, -0.25) is 4.79 Å². The molecule has 0 saturated carbocycles. The molecule has 1 amide bonds. The molecule has 4 nitrogen and oxygen atoms in total. The van der Waals surface area contributed by atoms with Crippen LogP contribution in [0.15, 0.2) is 58.7 Å². The number of carbonyl (C=O) groups is 1. The molecule has 2 aromatic rings. The number of carbonyl (C=O) groups excluding carboxylic acids is 1. The number of hydrogen-bond donors (Lipinski definition) is 1. The number of nitrogens with one attached hydrogen (secondary N) is 1. The molecule has 1 aromatic heterocycles. The van der Waals surface area contributed by atoms with E-state index in [0.717, 1.165) is 5.56 Å². The van der Waals surface area contributed by atoms with E-state index in [9.17, 15) is 10.1 Å². The molecule has 0 fully saturated rings. The van der Waals surface area contributed by atoms with Crippen LogP contribution in [0.1, 0.15) is 24.2 Å². The quantitative estimate of drug-likeness (QED) is 0.517. The third-order valence-electron chi connectivity index (χ3n) is 3.04. The lowest BCUT2D eigenvalue weighted by Crippen LogP contribution is -2.27. The summed E-state index contributed by atoms with van der Waals surface area (Å²) in [5.41, 5.74) is 1.55. The second kappa shape index (κ2) is 7.53. The summed E-state index contributed by atoms with van der Waals surface area (Å²) in [6.45, 7) is 1.87. The van der Waals surface area contributed by atoms with Crippen LogP contribution in [0.25, 0.3) is 6.08 Å². The normalized spacial score (nSPS) is 12.3. The van der Waals surface area contributed by atoms with Crippen LogP contribution >= 0.6 is 15.9 Å². The lowest BCUT2D eigenvalue weighted by molar-refractivity contribution is -0.117. The zero-order valence-corrected chi connectivity index (χ0v) is 13.5. The van der Waals surface area contributed by atoms with Crippen molar-refractivity contribution in [3.8, 4) is 6.07 Å². The summed E-state index contributed by atoms with van der Waals surface area (Å²) in [4.78, 5) is 16.4. The summed E-state index contributed by atoms with van der Waals surface area (Å²) in [5, 5.41) is 12.0. The molecule has 1 atom stereocenters. The SMILES string of the molecule is C[C@@H](NC(=O)/C(C#N)=C\c1cccc(Br)n1)c1ccccc1. The van der Waals surface area contributed by atoms with Gasteiger partial charge in [-0.05, 0) is 46.6 Å². The number of benzene rings is 1. The van der Waals surface area contributed by atoms with Crippen molar-refractivity contribution < 1.29 is 4.79 Å². The van der Waals surface area contributed by atoms with E-state index in [-0.39, 0.29) is 11.6 Å². The third kappa shape index (κ3) is 4.27. The molecular weight excluding hydrogens is 342 g/mol. The van der Waals surface area contributed by atoms with Crippen molar-refractivity contribution in [2.75, 3.05) is 0 Å². The zero-order valence-electron chi connectivity index (χ0n) is 12.0. The smallest absolute Gasteiger partial charge is 0.262 e. The summed E-state index contributed by atoms with van der Waals surface area (Å²) >= 11 is 3.26. The van der Waals surface area contributed by atoms with E-state index in [1.54, 1.807) is 18.2 Å². The topological polar surface area (TPSA) is 65.8 Å². The fraction of sp³-hybridized carbons (Fsp3) is 0.118. The first kappa shape index (κ1) is 15.9. The number of rotatable bonds is 4. The van der Waals surface area contributed by atoms with Crippen LogP contribution in [0.5, 0.6) is 0 Å². The van der Waals surface area contributed by atoms with Crippen molar-refractivity contribution in [3.63, 3.8) is 0 Å². The van der Waals surface area contributed by atoms with Gasteiger partial charge in [-0.1, -0.05) is 36.4 Å². The summed E-state index contributed by atoms with van der Waals surface area (Å²) < 4.78 is 0.650. The second-order valence-corrected chi connectivity index (χ2v) is 5.47. The number of pyridine rings is 1. The molecule has 1 N–H and O–H groups in total. The molecule has 2 rings (SSSR count). The lowest BCUT2D eigenvalue weighted by atomic mass is 10.1. The zero-order chi connectivity index (χ0) is 15.9. The lowest BCUT2D eigenvalue weighted by Gasteiger charge is -2.13. The first-order valence-corrected chi connectivity index (χ1v) is 7.49. The van der Waals surface area contributed by atoms with Crippen LogP contribution in [0.4, 0.5) is 0 Å². The standard InChI is InChI=1S/C17H14BrN3O/c1-12(13-6-3-2-4-7-13)20-17(22)14(11-19)10-15-8-5-9-16(18)21-15/h2-10,12H,1H3,(H,20,22)/b14-10-/t12-/m1/s1. The molecule has 1 aromatic carbocycles. The average Bonchev–Trinajstić information content (AvgIpc) is 2.53. The number of nitrogens with zero attached hydrogens (tertiary/aromatic N) is 2. The van der Waals surface area contributed by atoms with Gasteiger partial charge in [0.25, 0.3) is 5.91 Å². The molecule has 1 heterocycles. The van der Waals surface area contributed by atoms with Crippen molar-refractivity contribution in [1.29, 1.82) is 5.26 Å². The fourth-order valence-electron chi connectivity index (χ4n) is 1.90. The van der Waals surface area contributed by atoms with Crippen molar-refractivity contribution in [2.24, 2.45) is 0 Å². The number of amides is 1. The monoisotopic (exact) mass is 355 g/mol. The predicted molar refractivity (Wildman–Crippen MR) is 88.5 cm³/mol. The Kier molecular flexibility index (Phi) is 5.45. The van der Waals surface area contributed by atoms with Gasteiger partial charge in [0, 0.05) is 0 Å². The van der Waals surface area contributed by atoms with Gasteiger partial charge in [0.15, 0.2) is 0 Å². The minimum absolute atomic E-state index is 0.0216. The molecule has 0 aliphatic carbocycles. The van der Waals surface area contributed by atoms with E-state index >= 15 is 0 Å². The molecule has 0 radical (unpaired) electrons. The van der Waals surface area contributed by atoms with Crippen molar-refractivity contribution >= 4 is 27.9 Å². The van der Waals surface area contributed by atoms with Crippen molar-refractivity contribution in [1.82, 2.24) is 10.3 Å². The fourth-order valence-corrected chi connectivity index (χ4v) is 2.26. The summed E-state index contributed by atoms with van der Waals surface area (Å²) in [7, 11) is 0. The highest BCUT2D eigenvalue weighted by molar-refractivity contribution is 9.10. The van der Waals surface area contributed by atoms with Crippen LogP contribution in [0.3, 0.4) is 0 Å². The Morgan fingerprint density at radius 2 is 2.00 bits per heavy atom. The van der Waals surface area contributed by atoms with E-state index < -0.39 is 5.91 Å². The van der Waals surface area contributed by atoms with Gasteiger partial charge >= 0.3 is 0 Å². The molecular formula is C17H14BrN3O. The maximum absolute atomic E-state index is 12.2. The number of aromatic nitrogens is 1. The van der Waals surface area contributed by atoms with Crippen molar-refractivity contribution in [3.05, 3.63) is 70.0 Å². The molecule has 0 unspecified atom stereocenters. The van der Waals surface area contributed by atoms with Gasteiger partial charge in [-0.15, -0.1) is 0 Å². The summed E-state index contributed by atoms with van der Waals surface area (Å²) in [6, 6.07) is 16.6. The molecule has 0 spiro atoms. The van der Waals surface area contributed by atoms with Gasteiger partial charge in [0.2, 0.25) is 0 Å². The highest BCUT2D eigenvalue weighted by Gasteiger charge is 2.13. The van der Waals surface area contributed by atoms with E-state index in [0.29, 0.717) is 10.3 Å². The van der Waals surface area contributed by atoms with Crippen LogP contribution in [-0.4, -0.2) is 10.9 Å².